The highest BCUT2D eigenvalue weighted by molar-refractivity contribution is 6.30. The van der Waals surface area contributed by atoms with Gasteiger partial charge in [0.05, 0.1) is 13.7 Å². The number of halogens is 1. The van der Waals surface area contributed by atoms with E-state index in [1.807, 2.05) is 12.1 Å². The van der Waals surface area contributed by atoms with Gasteiger partial charge in [-0.25, -0.2) is 0 Å². The Labute approximate surface area is 156 Å². The minimum atomic E-state index is -0.148. The van der Waals surface area contributed by atoms with Crippen molar-refractivity contribution in [1.82, 2.24) is 9.80 Å². The van der Waals surface area contributed by atoms with Crippen molar-refractivity contribution in [3.05, 3.63) is 34.9 Å². The zero-order valence-corrected chi connectivity index (χ0v) is 16.1. The van der Waals surface area contributed by atoms with Gasteiger partial charge in [0.1, 0.15) is 0 Å². The third-order valence-electron chi connectivity index (χ3n) is 5.99. The first kappa shape index (κ1) is 18.7. The molecule has 2 aliphatic rings. The fraction of sp³-hybridized carbons (Fsp3) is 0.650. The van der Waals surface area contributed by atoms with Crippen molar-refractivity contribution in [2.45, 2.75) is 50.6 Å². The van der Waals surface area contributed by atoms with Crippen LogP contribution in [0, 0.1) is 0 Å². The number of hydrogen-bond donors (Lipinski definition) is 0. The normalized spacial score (nSPS) is 24.8. The first-order chi connectivity index (χ1) is 12.0. The van der Waals surface area contributed by atoms with Gasteiger partial charge < -0.3 is 4.74 Å². The van der Waals surface area contributed by atoms with Crippen molar-refractivity contribution >= 4 is 17.6 Å². The molecule has 0 bridgehead atoms. The van der Waals surface area contributed by atoms with Crippen LogP contribution in [-0.4, -0.2) is 55.1 Å². The van der Waals surface area contributed by atoms with Gasteiger partial charge >= 0.3 is 5.97 Å². The molecule has 1 atom stereocenters. The highest BCUT2D eigenvalue weighted by Gasteiger charge is 2.42. The minimum Gasteiger partial charge on any atom is -0.468 e. The molecule has 1 heterocycles. The zero-order chi connectivity index (χ0) is 17.9. The van der Waals surface area contributed by atoms with E-state index in [2.05, 4.69) is 28.9 Å². The van der Waals surface area contributed by atoms with Crippen LogP contribution in [0.1, 0.15) is 44.6 Å². The molecule has 3 rings (SSSR count). The molecule has 0 spiro atoms. The SMILES string of the molecule is COC(=O)CN1CCN(C2(c3ccc(Cl)cc3)CCCCC2)CC1C. The number of benzene rings is 1. The number of carbonyl (C=O) groups excluding carboxylic acids is 1. The quantitative estimate of drug-likeness (QED) is 0.763. The number of rotatable bonds is 4. The summed E-state index contributed by atoms with van der Waals surface area (Å²) in [6.07, 6.45) is 6.29. The van der Waals surface area contributed by atoms with Crippen LogP contribution >= 0.6 is 11.6 Å². The second kappa shape index (κ2) is 8.07. The number of nitrogens with zero attached hydrogens (tertiary/aromatic N) is 2. The van der Waals surface area contributed by atoms with Crippen LogP contribution < -0.4 is 0 Å². The maximum Gasteiger partial charge on any atom is 0.319 e. The third-order valence-corrected chi connectivity index (χ3v) is 6.24. The lowest BCUT2D eigenvalue weighted by molar-refractivity contribution is -0.143. The molecule has 1 aliphatic carbocycles. The highest BCUT2D eigenvalue weighted by Crippen LogP contribution is 2.43. The Kier molecular flexibility index (Phi) is 6.03. The Morgan fingerprint density at radius 1 is 1.20 bits per heavy atom. The Bertz CT molecular complexity index is 584. The lowest BCUT2D eigenvalue weighted by Crippen LogP contribution is -2.60. The molecule has 138 valence electrons. The lowest BCUT2D eigenvalue weighted by Gasteiger charge is -2.52. The standard InChI is InChI=1S/C20H29ClN2O2/c1-16-14-23(13-12-22(16)15-19(24)25-2)20(10-4-3-5-11-20)17-6-8-18(21)9-7-17/h6-9,16H,3-5,10-15H2,1-2H3. The average molecular weight is 365 g/mol. The van der Waals surface area contributed by atoms with E-state index in [1.165, 1.54) is 44.8 Å². The Hall–Kier alpha value is -1.10. The fourth-order valence-electron chi connectivity index (χ4n) is 4.53. The van der Waals surface area contributed by atoms with Crippen molar-refractivity contribution in [3.63, 3.8) is 0 Å². The molecule has 1 aliphatic heterocycles. The molecule has 0 aromatic heterocycles. The van der Waals surface area contributed by atoms with E-state index in [9.17, 15) is 4.79 Å². The first-order valence-corrected chi connectivity index (χ1v) is 9.75. The van der Waals surface area contributed by atoms with Crippen molar-refractivity contribution in [1.29, 1.82) is 0 Å². The van der Waals surface area contributed by atoms with Crippen LogP contribution in [0.4, 0.5) is 0 Å². The molecular formula is C20H29ClN2O2. The summed E-state index contributed by atoms with van der Waals surface area (Å²) in [5.41, 5.74) is 1.51. The number of methoxy groups -OCH3 is 1. The molecular weight excluding hydrogens is 336 g/mol. The van der Waals surface area contributed by atoms with Gasteiger partial charge in [0.2, 0.25) is 0 Å². The van der Waals surface area contributed by atoms with Crippen molar-refractivity contribution in [2.24, 2.45) is 0 Å². The number of carbonyl (C=O) groups is 1. The molecule has 5 heteroatoms. The number of piperazine rings is 1. The summed E-state index contributed by atoms with van der Waals surface area (Å²) in [6, 6.07) is 8.80. The van der Waals surface area contributed by atoms with Gasteiger partial charge in [0.15, 0.2) is 0 Å². The van der Waals surface area contributed by atoms with E-state index in [1.54, 1.807) is 0 Å². The summed E-state index contributed by atoms with van der Waals surface area (Å²) in [7, 11) is 1.46. The monoisotopic (exact) mass is 364 g/mol. The summed E-state index contributed by atoms with van der Waals surface area (Å²) >= 11 is 6.12. The van der Waals surface area contributed by atoms with Crippen LogP contribution in [-0.2, 0) is 15.1 Å². The van der Waals surface area contributed by atoms with Gasteiger partial charge in [-0.15, -0.1) is 0 Å². The molecule has 0 amide bonds. The van der Waals surface area contributed by atoms with Crippen LogP contribution in [0.15, 0.2) is 24.3 Å². The summed E-state index contributed by atoms with van der Waals surface area (Å²) in [6.45, 7) is 5.49. The molecule has 1 aromatic carbocycles. The number of hydrogen-bond acceptors (Lipinski definition) is 4. The highest BCUT2D eigenvalue weighted by atomic mass is 35.5. The topological polar surface area (TPSA) is 32.8 Å². The van der Waals surface area contributed by atoms with Crippen LogP contribution in [0.5, 0.6) is 0 Å². The minimum absolute atomic E-state index is 0.119. The summed E-state index contributed by atoms with van der Waals surface area (Å²) < 4.78 is 4.84. The first-order valence-electron chi connectivity index (χ1n) is 9.37. The largest absolute Gasteiger partial charge is 0.468 e. The maximum absolute atomic E-state index is 11.6. The van der Waals surface area contributed by atoms with Gasteiger partial charge in [-0.3, -0.25) is 14.6 Å². The van der Waals surface area contributed by atoms with Crippen molar-refractivity contribution < 1.29 is 9.53 Å². The van der Waals surface area contributed by atoms with Crippen LogP contribution in [0.3, 0.4) is 0 Å². The van der Waals surface area contributed by atoms with Gasteiger partial charge in [-0.05, 0) is 37.5 Å². The maximum atomic E-state index is 11.6. The van der Waals surface area contributed by atoms with E-state index in [0.29, 0.717) is 12.6 Å². The fourth-order valence-corrected chi connectivity index (χ4v) is 4.66. The van der Waals surface area contributed by atoms with Gasteiger partial charge in [0.25, 0.3) is 0 Å². The van der Waals surface area contributed by atoms with E-state index in [0.717, 1.165) is 24.7 Å². The Balaban J connectivity index is 1.79. The molecule has 1 saturated heterocycles. The second-order valence-electron chi connectivity index (χ2n) is 7.44. The Morgan fingerprint density at radius 2 is 1.88 bits per heavy atom. The van der Waals surface area contributed by atoms with Crippen molar-refractivity contribution in [3.8, 4) is 0 Å². The van der Waals surface area contributed by atoms with E-state index < -0.39 is 0 Å². The van der Waals surface area contributed by atoms with Gasteiger partial charge in [0, 0.05) is 36.2 Å². The van der Waals surface area contributed by atoms with Gasteiger partial charge in [-0.2, -0.15) is 0 Å². The molecule has 1 unspecified atom stereocenters. The van der Waals surface area contributed by atoms with Gasteiger partial charge in [-0.1, -0.05) is 43.0 Å². The molecule has 0 N–H and O–H groups in total. The number of ether oxygens (including phenoxy) is 1. The zero-order valence-electron chi connectivity index (χ0n) is 15.3. The van der Waals surface area contributed by atoms with Crippen LogP contribution in [0.2, 0.25) is 5.02 Å². The molecule has 1 aromatic rings. The Morgan fingerprint density at radius 3 is 2.48 bits per heavy atom. The van der Waals surface area contributed by atoms with E-state index in [-0.39, 0.29) is 11.5 Å². The molecule has 4 nitrogen and oxygen atoms in total. The lowest BCUT2D eigenvalue weighted by atomic mass is 9.74. The predicted octanol–water partition coefficient (Wildman–Crippen LogP) is 3.68. The third kappa shape index (κ3) is 4.02. The summed E-state index contributed by atoms with van der Waals surface area (Å²) in [4.78, 5) is 16.5. The molecule has 25 heavy (non-hydrogen) atoms. The molecule has 0 radical (unpaired) electrons. The van der Waals surface area contributed by atoms with Crippen molar-refractivity contribution in [2.75, 3.05) is 33.3 Å². The number of esters is 1. The second-order valence-corrected chi connectivity index (χ2v) is 7.88. The smallest absolute Gasteiger partial charge is 0.319 e. The average Bonchev–Trinajstić information content (AvgIpc) is 2.64. The molecule has 1 saturated carbocycles. The van der Waals surface area contributed by atoms with E-state index in [4.69, 9.17) is 16.3 Å². The van der Waals surface area contributed by atoms with Crippen LogP contribution in [0.25, 0.3) is 0 Å². The molecule has 2 fully saturated rings. The summed E-state index contributed by atoms with van der Waals surface area (Å²) in [5, 5.41) is 0.797. The predicted molar refractivity (Wildman–Crippen MR) is 101 cm³/mol. The van der Waals surface area contributed by atoms with E-state index >= 15 is 0 Å². The summed E-state index contributed by atoms with van der Waals surface area (Å²) in [5.74, 6) is -0.148.